The van der Waals surface area contributed by atoms with Crippen LogP contribution in [0, 0.1) is 5.41 Å². The topological polar surface area (TPSA) is 122 Å². The van der Waals surface area contributed by atoms with Crippen molar-refractivity contribution in [3.63, 3.8) is 0 Å². The quantitative estimate of drug-likeness (QED) is 0.527. The Hall–Kier alpha value is -3.95. The maximum Gasteiger partial charge on any atom is 0.265 e. The van der Waals surface area contributed by atoms with E-state index in [0.717, 1.165) is 24.2 Å². The maximum absolute atomic E-state index is 13.1. The number of aromatic amines is 1. The number of piperidine rings is 1. The van der Waals surface area contributed by atoms with Gasteiger partial charge in [0.2, 0.25) is 5.78 Å². The molecule has 0 radical (unpaired) electrons. The van der Waals surface area contributed by atoms with Crippen LogP contribution in [0.15, 0.2) is 53.7 Å². The van der Waals surface area contributed by atoms with Crippen LogP contribution in [0.25, 0.3) is 5.78 Å². The van der Waals surface area contributed by atoms with Gasteiger partial charge in [0, 0.05) is 25.8 Å². The molecule has 0 aliphatic carbocycles. The highest BCUT2D eigenvalue weighted by Crippen LogP contribution is 2.35. The Labute approximate surface area is 195 Å². The number of carbonyl (C=O) groups is 2. The van der Waals surface area contributed by atoms with Gasteiger partial charge < -0.3 is 15.0 Å². The number of hydrogen-bond donors (Lipinski definition) is 2. The molecule has 0 bridgehead atoms. The summed E-state index contributed by atoms with van der Waals surface area (Å²) in [6.45, 7) is 1.48. The Morgan fingerprint density at radius 1 is 1.12 bits per heavy atom. The molecule has 176 valence electrons. The van der Waals surface area contributed by atoms with Crippen molar-refractivity contribution in [2.45, 2.75) is 25.7 Å². The molecule has 10 nitrogen and oxygen atoms in total. The van der Waals surface area contributed by atoms with Gasteiger partial charge in [0.15, 0.2) is 6.61 Å². The zero-order chi connectivity index (χ0) is 23.5. The summed E-state index contributed by atoms with van der Waals surface area (Å²) in [6, 6.07) is 7.74. The number of H-pyrrole nitrogens is 1. The minimum absolute atomic E-state index is 0.0320. The van der Waals surface area contributed by atoms with Crippen molar-refractivity contribution in [2.24, 2.45) is 5.41 Å². The SMILES string of the molecule is O=C1COc2ccccc2C/C=C/CC2(CCN(C(=O)c3cn4cnnc4[nH]c3=O)CC2)CN1. The number of aromatic nitrogens is 4. The van der Waals surface area contributed by atoms with Crippen molar-refractivity contribution in [3.8, 4) is 5.75 Å². The Balaban J connectivity index is 1.30. The van der Waals surface area contributed by atoms with Gasteiger partial charge in [-0.15, -0.1) is 10.2 Å². The number of allylic oxidation sites excluding steroid dienone is 2. The number of rotatable bonds is 1. The van der Waals surface area contributed by atoms with E-state index in [1.165, 1.54) is 16.9 Å². The first-order chi connectivity index (χ1) is 16.5. The van der Waals surface area contributed by atoms with Crippen molar-refractivity contribution in [3.05, 3.63) is 70.4 Å². The number of ether oxygens (including phenoxy) is 1. The molecule has 0 unspecified atom stereocenters. The molecule has 34 heavy (non-hydrogen) atoms. The molecule has 1 fully saturated rings. The predicted octanol–water partition coefficient (Wildman–Crippen LogP) is 1.34. The second kappa shape index (κ2) is 9.12. The second-order valence-electron chi connectivity index (χ2n) is 8.90. The highest BCUT2D eigenvalue weighted by Gasteiger charge is 2.36. The molecule has 2 aliphatic heterocycles. The molecule has 2 N–H and O–H groups in total. The summed E-state index contributed by atoms with van der Waals surface area (Å²) in [6.07, 6.45) is 10.2. The first-order valence-corrected chi connectivity index (χ1v) is 11.4. The Morgan fingerprint density at radius 2 is 1.94 bits per heavy atom. The van der Waals surface area contributed by atoms with Crippen molar-refractivity contribution < 1.29 is 14.3 Å². The van der Waals surface area contributed by atoms with Gasteiger partial charge in [0.25, 0.3) is 17.4 Å². The predicted molar refractivity (Wildman–Crippen MR) is 124 cm³/mol. The third kappa shape index (κ3) is 4.43. The van der Waals surface area contributed by atoms with E-state index in [9.17, 15) is 14.4 Å². The van der Waals surface area contributed by atoms with E-state index < -0.39 is 5.56 Å². The number of likely N-dealkylation sites (tertiary alicyclic amines) is 1. The zero-order valence-corrected chi connectivity index (χ0v) is 18.7. The van der Waals surface area contributed by atoms with Crippen LogP contribution < -0.4 is 15.6 Å². The van der Waals surface area contributed by atoms with Gasteiger partial charge in [0.1, 0.15) is 17.6 Å². The number of fused-ring (bicyclic) bond motifs is 2. The number of nitrogens with zero attached hydrogens (tertiary/aromatic N) is 4. The van der Waals surface area contributed by atoms with Gasteiger partial charge in [0.05, 0.1) is 0 Å². The lowest BCUT2D eigenvalue weighted by Crippen LogP contribution is -2.49. The monoisotopic (exact) mass is 462 g/mol. The Bertz CT molecular complexity index is 1300. The van der Waals surface area contributed by atoms with Crippen LogP contribution in [0.2, 0.25) is 0 Å². The molecule has 2 amide bonds. The number of amides is 2. The third-order valence-electron chi connectivity index (χ3n) is 6.70. The van der Waals surface area contributed by atoms with Crippen molar-refractivity contribution in [2.75, 3.05) is 26.2 Å². The molecule has 1 saturated heterocycles. The Kier molecular flexibility index (Phi) is 5.87. The number of benzene rings is 1. The average molecular weight is 463 g/mol. The molecule has 10 heteroatoms. The highest BCUT2D eigenvalue weighted by atomic mass is 16.5. The summed E-state index contributed by atoms with van der Waals surface area (Å²) in [7, 11) is 0. The van der Waals surface area contributed by atoms with Crippen molar-refractivity contribution >= 4 is 17.6 Å². The third-order valence-corrected chi connectivity index (χ3v) is 6.70. The number of hydrogen-bond acceptors (Lipinski definition) is 6. The van der Waals surface area contributed by atoms with E-state index in [1.807, 2.05) is 24.3 Å². The molecule has 3 aromatic rings. The molecule has 1 spiro atoms. The van der Waals surface area contributed by atoms with E-state index in [0.29, 0.717) is 38.3 Å². The van der Waals surface area contributed by atoms with Crippen LogP contribution >= 0.6 is 0 Å². The minimum atomic E-state index is -0.479. The second-order valence-corrected chi connectivity index (χ2v) is 8.90. The van der Waals surface area contributed by atoms with Crippen LogP contribution in [0.3, 0.4) is 0 Å². The smallest absolute Gasteiger partial charge is 0.265 e. The maximum atomic E-state index is 13.1. The lowest BCUT2D eigenvalue weighted by atomic mass is 9.75. The van der Waals surface area contributed by atoms with Crippen LogP contribution in [-0.4, -0.2) is 62.5 Å². The summed E-state index contributed by atoms with van der Waals surface area (Å²) < 4.78 is 7.26. The zero-order valence-electron chi connectivity index (χ0n) is 18.7. The minimum Gasteiger partial charge on any atom is -0.483 e. The Morgan fingerprint density at radius 3 is 2.79 bits per heavy atom. The van der Waals surface area contributed by atoms with E-state index in [2.05, 4.69) is 32.7 Å². The fourth-order valence-corrected chi connectivity index (χ4v) is 4.59. The van der Waals surface area contributed by atoms with Gasteiger partial charge in [-0.05, 0) is 42.7 Å². The van der Waals surface area contributed by atoms with Crippen LogP contribution in [-0.2, 0) is 11.2 Å². The molecule has 4 heterocycles. The van der Waals surface area contributed by atoms with Gasteiger partial charge in [-0.1, -0.05) is 30.4 Å². The summed E-state index contributed by atoms with van der Waals surface area (Å²) in [5.74, 6) is 0.543. The van der Waals surface area contributed by atoms with E-state index in [-0.39, 0.29) is 29.4 Å². The fourth-order valence-electron chi connectivity index (χ4n) is 4.59. The van der Waals surface area contributed by atoms with Gasteiger partial charge >= 0.3 is 0 Å². The lowest BCUT2D eigenvalue weighted by molar-refractivity contribution is -0.123. The summed E-state index contributed by atoms with van der Waals surface area (Å²) in [4.78, 5) is 42.2. The van der Waals surface area contributed by atoms with Gasteiger partial charge in [-0.3, -0.25) is 23.8 Å². The standard InChI is InChI=1S/C24H26N6O4/c31-20-14-34-19-7-2-1-5-17(19)6-3-4-8-24(15-25-20)9-11-29(12-10-24)22(33)18-13-30-16-26-28-23(30)27-21(18)32/h1-5,7,13,16H,6,8-12,14-15H2,(H,25,31)(H,27,28,32)/b4-3+. The fraction of sp³-hybridized carbons (Fsp3) is 0.375. The van der Waals surface area contributed by atoms with E-state index in [4.69, 9.17) is 4.74 Å². The van der Waals surface area contributed by atoms with Crippen molar-refractivity contribution in [1.82, 2.24) is 29.8 Å². The molecule has 2 aliphatic rings. The normalized spacial score (nSPS) is 19.4. The van der Waals surface area contributed by atoms with Gasteiger partial charge in [-0.2, -0.15) is 0 Å². The number of nitrogens with one attached hydrogen (secondary N) is 2. The van der Waals surface area contributed by atoms with Crippen molar-refractivity contribution in [1.29, 1.82) is 0 Å². The van der Waals surface area contributed by atoms with E-state index in [1.54, 1.807) is 4.90 Å². The molecule has 2 aromatic heterocycles. The number of para-hydroxylation sites is 1. The van der Waals surface area contributed by atoms with Crippen LogP contribution in [0.1, 0.15) is 35.2 Å². The van der Waals surface area contributed by atoms with E-state index >= 15 is 0 Å². The van der Waals surface area contributed by atoms with Crippen LogP contribution in [0.5, 0.6) is 5.75 Å². The molecule has 5 rings (SSSR count). The average Bonchev–Trinajstić information content (AvgIpc) is 3.31. The van der Waals surface area contributed by atoms with Gasteiger partial charge in [-0.25, -0.2) is 0 Å². The molecular formula is C24H26N6O4. The lowest BCUT2D eigenvalue weighted by Gasteiger charge is -2.41. The van der Waals surface area contributed by atoms with Crippen LogP contribution in [0.4, 0.5) is 0 Å². The first kappa shape index (κ1) is 21.9. The molecule has 0 saturated carbocycles. The molecular weight excluding hydrogens is 436 g/mol. The number of carbonyl (C=O) groups excluding carboxylic acids is 2. The molecule has 1 aromatic carbocycles. The first-order valence-electron chi connectivity index (χ1n) is 11.4. The largest absolute Gasteiger partial charge is 0.483 e. The summed E-state index contributed by atoms with van der Waals surface area (Å²) in [5, 5.41) is 10.6. The highest BCUT2D eigenvalue weighted by molar-refractivity contribution is 5.93. The summed E-state index contributed by atoms with van der Waals surface area (Å²) >= 11 is 0. The summed E-state index contributed by atoms with van der Waals surface area (Å²) in [5.41, 5.74) is 0.460. The molecule has 0 atom stereocenters.